The fraction of sp³-hybridized carbons (Fsp3) is 0.273. The minimum absolute atomic E-state index is 0.398. The average molecular weight is 205 g/mol. The van der Waals surface area contributed by atoms with Crippen LogP contribution >= 0.6 is 0 Å². The van der Waals surface area contributed by atoms with E-state index in [-0.39, 0.29) is 0 Å². The van der Waals surface area contributed by atoms with Gasteiger partial charge in [0.05, 0.1) is 11.6 Å². The van der Waals surface area contributed by atoms with Crippen LogP contribution in [0.1, 0.15) is 18.9 Å². The molecule has 0 aliphatic heterocycles. The zero-order valence-electron chi connectivity index (χ0n) is 8.30. The maximum Gasteiger partial charge on any atom is 0.344 e. The van der Waals surface area contributed by atoms with Gasteiger partial charge >= 0.3 is 5.97 Å². The van der Waals surface area contributed by atoms with Crippen LogP contribution in [-0.4, -0.2) is 17.2 Å². The predicted molar refractivity (Wildman–Crippen MR) is 53.5 cm³/mol. The van der Waals surface area contributed by atoms with Crippen LogP contribution < -0.4 is 4.74 Å². The molecule has 0 aliphatic rings. The number of benzene rings is 1. The molecule has 0 amide bonds. The second-order valence-corrected chi connectivity index (χ2v) is 2.99. The van der Waals surface area contributed by atoms with Gasteiger partial charge in [-0.25, -0.2) is 4.79 Å². The quantitative estimate of drug-likeness (QED) is 0.813. The van der Waals surface area contributed by atoms with Crippen molar-refractivity contribution >= 4 is 5.97 Å². The molecule has 1 aromatic rings. The molecule has 4 heteroatoms. The van der Waals surface area contributed by atoms with Gasteiger partial charge in [0.15, 0.2) is 6.10 Å². The minimum Gasteiger partial charge on any atom is -0.479 e. The number of carboxylic acids is 1. The number of ether oxygens (including phenoxy) is 1. The standard InChI is InChI=1S/C11H11NO3/c1-2-10(11(13)14)15-9-5-3-8(7-12)4-6-9/h3-6,10H,2H2,1H3,(H,13,14). The number of hydrogen-bond acceptors (Lipinski definition) is 3. The van der Waals surface area contributed by atoms with Crippen molar-refractivity contribution in [1.82, 2.24) is 0 Å². The highest BCUT2D eigenvalue weighted by molar-refractivity contribution is 5.72. The van der Waals surface area contributed by atoms with Gasteiger partial charge in [-0.1, -0.05) is 6.92 Å². The van der Waals surface area contributed by atoms with E-state index in [1.165, 1.54) is 0 Å². The highest BCUT2D eigenvalue weighted by Crippen LogP contribution is 2.14. The summed E-state index contributed by atoms with van der Waals surface area (Å²) in [4.78, 5) is 10.7. The van der Waals surface area contributed by atoms with Gasteiger partial charge in [0.25, 0.3) is 0 Å². The Hall–Kier alpha value is -2.02. The van der Waals surface area contributed by atoms with Crippen molar-refractivity contribution in [2.24, 2.45) is 0 Å². The first kappa shape index (κ1) is 11.1. The molecule has 1 aromatic carbocycles. The summed E-state index contributed by atoms with van der Waals surface area (Å²) >= 11 is 0. The summed E-state index contributed by atoms with van der Waals surface area (Å²) in [5.74, 6) is -0.523. The summed E-state index contributed by atoms with van der Waals surface area (Å²) < 4.78 is 5.22. The Morgan fingerprint density at radius 1 is 1.53 bits per heavy atom. The fourth-order valence-corrected chi connectivity index (χ4v) is 1.08. The van der Waals surface area contributed by atoms with Crippen LogP contribution in [0.2, 0.25) is 0 Å². The van der Waals surface area contributed by atoms with E-state index in [4.69, 9.17) is 15.1 Å². The van der Waals surface area contributed by atoms with Crippen molar-refractivity contribution in [1.29, 1.82) is 5.26 Å². The van der Waals surface area contributed by atoms with E-state index in [0.29, 0.717) is 17.7 Å². The average Bonchev–Trinajstić information content (AvgIpc) is 2.26. The first-order chi connectivity index (χ1) is 7.17. The van der Waals surface area contributed by atoms with Crippen LogP contribution in [0.5, 0.6) is 5.75 Å². The summed E-state index contributed by atoms with van der Waals surface area (Å²) in [5, 5.41) is 17.3. The normalized spacial score (nSPS) is 11.5. The molecule has 1 N–H and O–H groups in total. The lowest BCUT2D eigenvalue weighted by atomic mass is 10.2. The molecule has 0 fully saturated rings. The van der Waals surface area contributed by atoms with Gasteiger partial charge in [0.2, 0.25) is 0 Å². The maximum absolute atomic E-state index is 10.7. The van der Waals surface area contributed by atoms with Crippen molar-refractivity contribution in [2.45, 2.75) is 19.4 Å². The Morgan fingerprint density at radius 2 is 2.13 bits per heavy atom. The number of carbonyl (C=O) groups is 1. The van der Waals surface area contributed by atoms with E-state index in [9.17, 15) is 4.79 Å². The third-order valence-corrected chi connectivity index (χ3v) is 1.91. The largest absolute Gasteiger partial charge is 0.479 e. The lowest BCUT2D eigenvalue weighted by molar-refractivity contribution is -0.145. The van der Waals surface area contributed by atoms with Crippen LogP contribution in [0.3, 0.4) is 0 Å². The zero-order chi connectivity index (χ0) is 11.3. The monoisotopic (exact) mass is 205 g/mol. The Kier molecular flexibility index (Phi) is 3.69. The number of carboxylic acid groups (broad SMARTS) is 1. The molecule has 78 valence electrons. The maximum atomic E-state index is 10.7. The Balaban J connectivity index is 2.72. The highest BCUT2D eigenvalue weighted by Gasteiger charge is 2.16. The van der Waals surface area contributed by atoms with Gasteiger partial charge in [-0.05, 0) is 30.7 Å². The molecule has 1 unspecified atom stereocenters. The highest BCUT2D eigenvalue weighted by atomic mass is 16.5. The second kappa shape index (κ2) is 5.01. The van der Waals surface area contributed by atoms with Crippen molar-refractivity contribution in [3.05, 3.63) is 29.8 Å². The zero-order valence-corrected chi connectivity index (χ0v) is 8.30. The third-order valence-electron chi connectivity index (χ3n) is 1.91. The van der Waals surface area contributed by atoms with E-state index in [1.807, 2.05) is 6.07 Å². The molecule has 0 spiro atoms. The van der Waals surface area contributed by atoms with Gasteiger partial charge in [-0.3, -0.25) is 0 Å². The first-order valence-corrected chi connectivity index (χ1v) is 4.57. The SMILES string of the molecule is CCC(Oc1ccc(C#N)cc1)C(=O)O. The van der Waals surface area contributed by atoms with Gasteiger partial charge in [0, 0.05) is 0 Å². The number of nitrogens with zero attached hydrogens (tertiary/aromatic N) is 1. The van der Waals surface area contributed by atoms with Crippen molar-refractivity contribution in [3.63, 3.8) is 0 Å². The van der Waals surface area contributed by atoms with Crippen LogP contribution in [0.15, 0.2) is 24.3 Å². The van der Waals surface area contributed by atoms with E-state index in [2.05, 4.69) is 0 Å². The summed E-state index contributed by atoms with van der Waals surface area (Å²) in [5.41, 5.74) is 0.519. The number of hydrogen-bond donors (Lipinski definition) is 1. The molecule has 1 atom stereocenters. The van der Waals surface area contributed by atoms with Gasteiger partial charge in [0.1, 0.15) is 5.75 Å². The first-order valence-electron chi connectivity index (χ1n) is 4.57. The van der Waals surface area contributed by atoms with Crippen LogP contribution in [0.4, 0.5) is 0 Å². The van der Waals surface area contributed by atoms with Gasteiger partial charge in [-0.2, -0.15) is 5.26 Å². The van der Waals surface area contributed by atoms with E-state index >= 15 is 0 Å². The summed E-state index contributed by atoms with van der Waals surface area (Å²) in [6.45, 7) is 1.74. The van der Waals surface area contributed by atoms with Crippen molar-refractivity contribution < 1.29 is 14.6 Å². The fourth-order valence-electron chi connectivity index (χ4n) is 1.08. The Labute approximate surface area is 87.7 Å². The molecule has 0 aliphatic carbocycles. The lowest BCUT2D eigenvalue weighted by Crippen LogP contribution is -2.25. The second-order valence-electron chi connectivity index (χ2n) is 2.99. The molecule has 0 aromatic heterocycles. The molecule has 0 saturated heterocycles. The third kappa shape index (κ3) is 2.99. The predicted octanol–water partition coefficient (Wildman–Crippen LogP) is 1.80. The van der Waals surface area contributed by atoms with Crippen LogP contribution in [0, 0.1) is 11.3 Å². The Bertz CT molecular complexity index is 378. The van der Waals surface area contributed by atoms with Crippen molar-refractivity contribution in [3.8, 4) is 11.8 Å². The van der Waals surface area contributed by atoms with E-state index in [0.717, 1.165) is 0 Å². The molecular weight excluding hydrogens is 194 g/mol. The molecule has 0 heterocycles. The van der Waals surface area contributed by atoms with Crippen LogP contribution in [0.25, 0.3) is 0 Å². The number of aliphatic carboxylic acids is 1. The van der Waals surface area contributed by atoms with Gasteiger partial charge in [-0.15, -0.1) is 0 Å². The summed E-state index contributed by atoms with van der Waals surface area (Å²) in [6.07, 6.45) is -0.437. The van der Waals surface area contributed by atoms with E-state index < -0.39 is 12.1 Å². The molecule has 4 nitrogen and oxygen atoms in total. The molecule has 0 saturated carbocycles. The molecular formula is C11H11NO3. The Morgan fingerprint density at radius 3 is 2.53 bits per heavy atom. The summed E-state index contributed by atoms with van der Waals surface area (Å²) in [6, 6.07) is 8.32. The molecule has 1 rings (SSSR count). The van der Waals surface area contributed by atoms with Gasteiger partial charge < -0.3 is 9.84 Å². The molecule has 0 radical (unpaired) electrons. The van der Waals surface area contributed by atoms with Crippen LogP contribution in [-0.2, 0) is 4.79 Å². The lowest BCUT2D eigenvalue weighted by Gasteiger charge is -2.12. The molecule has 15 heavy (non-hydrogen) atoms. The number of rotatable bonds is 4. The minimum atomic E-state index is -0.984. The van der Waals surface area contributed by atoms with E-state index in [1.54, 1.807) is 31.2 Å². The smallest absolute Gasteiger partial charge is 0.344 e. The molecule has 0 bridgehead atoms. The van der Waals surface area contributed by atoms with Crippen molar-refractivity contribution in [2.75, 3.05) is 0 Å². The topological polar surface area (TPSA) is 70.3 Å². The number of nitriles is 1. The summed E-state index contributed by atoms with van der Waals surface area (Å²) in [7, 11) is 0.